The molecule has 0 spiro atoms. The Bertz CT molecular complexity index is 1030. The highest BCUT2D eigenvalue weighted by atomic mass is 35.5. The van der Waals surface area contributed by atoms with Crippen molar-refractivity contribution in [3.63, 3.8) is 0 Å². The van der Waals surface area contributed by atoms with Gasteiger partial charge >= 0.3 is 0 Å². The fourth-order valence-electron chi connectivity index (χ4n) is 2.75. The standard InChI is InChI=1S/C24H24ClN3O2S/c1-18-6-5-9-22(14-18)29-12-13-30-23-11-10-21(25)15-20(23)17-27-28-24(31)26-16-19-7-3-2-4-8-19/h2-11,14-15,17H,12-13,16H2,1H3,(H2,26,28,31). The Morgan fingerprint density at radius 1 is 1.00 bits per heavy atom. The Balaban J connectivity index is 1.48. The molecule has 5 nitrogen and oxygen atoms in total. The van der Waals surface area contributed by atoms with E-state index in [1.807, 2.05) is 67.6 Å². The average molecular weight is 454 g/mol. The third-order valence-corrected chi connectivity index (χ3v) is 4.71. The first-order chi connectivity index (χ1) is 15.1. The predicted molar refractivity (Wildman–Crippen MR) is 130 cm³/mol. The topological polar surface area (TPSA) is 54.9 Å². The lowest BCUT2D eigenvalue weighted by molar-refractivity contribution is 0.217. The molecule has 3 rings (SSSR count). The van der Waals surface area contributed by atoms with Crippen LogP contribution in [0.1, 0.15) is 16.7 Å². The Hall–Kier alpha value is -3.09. The molecule has 0 heterocycles. The molecule has 3 aromatic carbocycles. The van der Waals surface area contributed by atoms with Crippen LogP contribution in [0, 0.1) is 6.92 Å². The van der Waals surface area contributed by atoms with E-state index in [2.05, 4.69) is 15.8 Å². The molecule has 0 fully saturated rings. The second kappa shape index (κ2) is 11.9. The Morgan fingerprint density at radius 2 is 1.81 bits per heavy atom. The number of hydrazone groups is 1. The Kier molecular flexibility index (Phi) is 8.70. The lowest BCUT2D eigenvalue weighted by Crippen LogP contribution is -2.31. The van der Waals surface area contributed by atoms with Gasteiger partial charge in [0.25, 0.3) is 0 Å². The number of thiocarbonyl (C=S) groups is 1. The van der Waals surface area contributed by atoms with E-state index < -0.39 is 0 Å². The second-order valence-corrected chi connectivity index (χ2v) is 7.58. The summed E-state index contributed by atoms with van der Waals surface area (Å²) in [6.07, 6.45) is 1.62. The molecule has 0 aliphatic heterocycles. The van der Waals surface area contributed by atoms with Gasteiger partial charge in [-0.1, -0.05) is 54.1 Å². The number of ether oxygens (including phenoxy) is 2. The van der Waals surface area contributed by atoms with Gasteiger partial charge in [0.2, 0.25) is 0 Å². The van der Waals surface area contributed by atoms with Crippen LogP contribution in [0.5, 0.6) is 11.5 Å². The van der Waals surface area contributed by atoms with Gasteiger partial charge in [-0.25, -0.2) is 0 Å². The first-order valence-corrected chi connectivity index (χ1v) is 10.6. The molecular formula is C24H24ClN3O2S. The highest BCUT2D eigenvalue weighted by Crippen LogP contribution is 2.21. The van der Waals surface area contributed by atoms with E-state index in [4.69, 9.17) is 33.3 Å². The summed E-state index contributed by atoms with van der Waals surface area (Å²) < 4.78 is 11.6. The fraction of sp³-hybridized carbons (Fsp3) is 0.167. The Labute approximate surface area is 193 Å². The SMILES string of the molecule is Cc1cccc(OCCOc2ccc(Cl)cc2C=NNC(=S)NCc2ccccc2)c1. The van der Waals surface area contributed by atoms with Crippen LogP contribution in [0.4, 0.5) is 0 Å². The lowest BCUT2D eigenvalue weighted by atomic mass is 10.2. The lowest BCUT2D eigenvalue weighted by Gasteiger charge is -2.11. The van der Waals surface area contributed by atoms with E-state index in [1.165, 1.54) is 0 Å². The number of hydrogen-bond acceptors (Lipinski definition) is 4. The van der Waals surface area contributed by atoms with E-state index in [-0.39, 0.29) is 0 Å². The van der Waals surface area contributed by atoms with E-state index in [0.29, 0.717) is 35.6 Å². The van der Waals surface area contributed by atoms with Crippen LogP contribution in [-0.2, 0) is 6.54 Å². The summed E-state index contributed by atoms with van der Waals surface area (Å²) in [5.74, 6) is 1.48. The molecule has 0 amide bonds. The monoisotopic (exact) mass is 453 g/mol. The van der Waals surface area contributed by atoms with Gasteiger partial charge in [0.15, 0.2) is 5.11 Å². The molecule has 0 aromatic heterocycles. The molecule has 0 saturated carbocycles. The van der Waals surface area contributed by atoms with E-state index >= 15 is 0 Å². The molecule has 7 heteroatoms. The predicted octanol–water partition coefficient (Wildman–Crippen LogP) is 5.10. The molecule has 2 N–H and O–H groups in total. The quantitative estimate of drug-likeness (QED) is 0.204. The van der Waals surface area contributed by atoms with Crippen LogP contribution in [-0.4, -0.2) is 24.5 Å². The first-order valence-electron chi connectivity index (χ1n) is 9.83. The van der Waals surface area contributed by atoms with Crippen LogP contribution in [0.2, 0.25) is 5.02 Å². The van der Waals surface area contributed by atoms with Crippen LogP contribution >= 0.6 is 23.8 Å². The minimum Gasteiger partial charge on any atom is -0.490 e. The largest absolute Gasteiger partial charge is 0.490 e. The van der Waals surface area contributed by atoms with Crippen LogP contribution in [0.3, 0.4) is 0 Å². The molecule has 0 saturated heterocycles. The molecule has 0 atom stereocenters. The minimum atomic E-state index is 0.390. The van der Waals surface area contributed by atoms with Gasteiger partial charge in [-0.3, -0.25) is 5.43 Å². The van der Waals surface area contributed by atoms with Gasteiger partial charge in [-0.2, -0.15) is 5.10 Å². The van der Waals surface area contributed by atoms with Gasteiger partial charge < -0.3 is 14.8 Å². The van der Waals surface area contributed by atoms with Crippen LogP contribution in [0.15, 0.2) is 77.9 Å². The van der Waals surface area contributed by atoms with Crippen molar-refractivity contribution in [1.29, 1.82) is 0 Å². The van der Waals surface area contributed by atoms with Gasteiger partial charge in [0.05, 0.1) is 6.21 Å². The van der Waals surface area contributed by atoms with E-state index in [1.54, 1.807) is 18.3 Å². The van der Waals surface area contributed by atoms with Crippen molar-refractivity contribution in [3.05, 3.63) is 94.5 Å². The molecule has 3 aromatic rings. The fourth-order valence-corrected chi connectivity index (χ4v) is 3.05. The number of halogens is 1. The van der Waals surface area contributed by atoms with Crippen molar-refractivity contribution in [2.75, 3.05) is 13.2 Å². The highest BCUT2D eigenvalue weighted by molar-refractivity contribution is 7.80. The summed E-state index contributed by atoms with van der Waals surface area (Å²) in [6.45, 7) is 3.46. The smallest absolute Gasteiger partial charge is 0.187 e. The molecule has 0 aliphatic rings. The number of nitrogens with zero attached hydrogens (tertiary/aromatic N) is 1. The molecule has 160 valence electrons. The van der Waals surface area contributed by atoms with Crippen LogP contribution in [0.25, 0.3) is 0 Å². The first kappa shape index (κ1) is 22.6. The summed E-state index contributed by atoms with van der Waals surface area (Å²) >= 11 is 11.4. The van der Waals surface area contributed by atoms with Gasteiger partial charge in [-0.15, -0.1) is 0 Å². The van der Waals surface area contributed by atoms with Crippen LogP contribution < -0.4 is 20.2 Å². The summed E-state index contributed by atoms with van der Waals surface area (Å²) in [4.78, 5) is 0. The number of benzene rings is 3. The maximum absolute atomic E-state index is 6.13. The second-order valence-electron chi connectivity index (χ2n) is 6.73. The van der Waals surface area contributed by atoms with Crippen molar-refractivity contribution in [2.24, 2.45) is 5.10 Å². The van der Waals surface area contributed by atoms with Crippen molar-refractivity contribution in [3.8, 4) is 11.5 Å². The third-order valence-electron chi connectivity index (χ3n) is 4.24. The average Bonchev–Trinajstić information content (AvgIpc) is 2.77. The van der Waals surface area contributed by atoms with E-state index in [0.717, 1.165) is 22.4 Å². The molecule has 0 bridgehead atoms. The normalized spacial score (nSPS) is 10.6. The van der Waals surface area contributed by atoms with Gasteiger partial charge in [0.1, 0.15) is 24.7 Å². The summed E-state index contributed by atoms with van der Waals surface area (Å²) in [7, 11) is 0. The maximum atomic E-state index is 6.13. The zero-order valence-electron chi connectivity index (χ0n) is 17.2. The molecule has 0 unspecified atom stereocenters. The van der Waals surface area contributed by atoms with Gasteiger partial charge in [0, 0.05) is 17.1 Å². The zero-order chi connectivity index (χ0) is 21.9. The minimum absolute atomic E-state index is 0.390. The number of hydrogen-bond donors (Lipinski definition) is 2. The number of rotatable bonds is 9. The third kappa shape index (κ3) is 7.92. The van der Waals surface area contributed by atoms with Crippen molar-refractivity contribution < 1.29 is 9.47 Å². The van der Waals surface area contributed by atoms with E-state index in [9.17, 15) is 0 Å². The van der Waals surface area contributed by atoms with Crippen molar-refractivity contribution >= 4 is 35.1 Å². The number of aryl methyl sites for hydroxylation is 1. The summed E-state index contributed by atoms with van der Waals surface area (Å²) in [5, 5.41) is 8.32. The van der Waals surface area contributed by atoms with Crippen molar-refractivity contribution in [1.82, 2.24) is 10.7 Å². The summed E-state index contributed by atoms with van der Waals surface area (Å²) in [5.41, 5.74) is 5.83. The zero-order valence-corrected chi connectivity index (χ0v) is 18.7. The molecular weight excluding hydrogens is 430 g/mol. The molecule has 0 aliphatic carbocycles. The highest BCUT2D eigenvalue weighted by Gasteiger charge is 2.04. The number of nitrogens with one attached hydrogen (secondary N) is 2. The molecule has 0 radical (unpaired) electrons. The van der Waals surface area contributed by atoms with Crippen molar-refractivity contribution in [2.45, 2.75) is 13.5 Å². The Morgan fingerprint density at radius 3 is 2.61 bits per heavy atom. The maximum Gasteiger partial charge on any atom is 0.187 e. The van der Waals surface area contributed by atoms with Gasteiger partial charge in [-0.05, 0) is 60.6 Å². The summed E-state index contributed by atoms with van der Waals surface area (Å²) in [6, 6.07) is 23.3. The molecule has 31 heavy (non-hydrogen) atoms.